The predicted octanol–water partition coefficient (Wildman–Crippen LogP) is 3.95. The highest BCUT2D eigenvalue weighted by molar-refractivity contribution is 7.89. The molecule has 26 heavy (non-hydrogen) atoms. The first-order valence-electron chi connectivity index (χ1n) is 7.71. The lowest BCUT2D eigenvalue weighted by Gasteiger charge is -2.15. The third-order valence-electron chi connectivity index (χ3n) is 3.62. The lowest BCUT2D eigenvalue weighted by Crippen LogP contribution is -2.28. The van der Waals surface area contributed by atoms with Gasteiger partial charge >= 0.3 is 0 Å². The molecule has 138 valence electrons. The molecule has 0 spiro atoms. The molecular formula is C18H18Cl2N2O3S. The van der Waals surface area contributed by atoms with Crippen LogP contribution in [-0.2, 0) is 10.0 Å². The van der Waals surface area contributed by atoms with E-state index in [4.69, 9.17) is 23.2 Å². The zero-order chi connectivity index (χ0) is 19.3. The molecule has 0 fully saturated rings. The van der Waals surface area contributed by atoms with Crippen molar-refractivity contribution < 1.29 is 13.2 Å². The standard InChI is InChI=1S/C18H18Cl2N2O3S/c1-3-10-21-26(24,25)17-11-14(6-9-16(17)20)18(23)22-12(2)13-4-7-15(19)8-5-13/h3-9,11-12,21H,1,10H2,2H3,(H,22,23)/t12-/m1/s1. The summed E-state index contributed by atoms with van der Waals surface area (Å²) >= 11 is 11.9. The molecule has 1 amide bonds. The number of carbonyl (C=O) groups is 1. The number of hydrogen-bond acceptors (Lipinski definition) is 3. The molecular weight excluding hydrogens is 395 g/mol. The van der Waals surface area contributed by atoms with Gasteiger partial charge in [-0.2, -0.15) is 0 Å². The van der Waals surface area contributed by atoms with E-state index in [-0.39, 0.29) is 28.1 Å². The molecule has 0 aromatic heterocycles. The van der Waals surface area contributed by atoms with Gasteiger partial charge in [0.1, 0.15) is 4.90 Å². The SMILES string of the molecule is C=CCNS(=O)(=O)c1cc(C(=O)N[C@H](C)c2ccc(Cl)cc2)ccc1Cl. The first kappa shape index (κ1) is 20.5. The Labute approximate surface area is 163 Å². The zero-order valence-corrected chi connectivity index (χ0v) is 16.3. The van der Waals surface area contributed by atoms with Crippen molar-refractivity contribution in [2.24, 2.45) is 0 Å². The van der Waals surface area contributed by atoms with Crippen molar-refractivity contribution in [3.05, 3.63) is 76.3 Å². The number of benzene rings is 2. The Morgan fingerprint density at radius 1 is 1.19 bits per heavy atom. The number of carbonyl (C=O) groups excluding carboxylic acids is 1. The van der Waals surface area contributed by atoms with Gasteiger partial charge in [-0.25, -0.2) is 13.1 Å². The van der Waals surface area contributed by atoms with E-state index in [1.165, 1.54) is 24.3 Å². The summed E-state index contributed by atoms with van der Waals surface area (Å²) < 4.78 is 26.9. The molecule has 0 saturated carbocycles. The Bertz CT molecular complexity index is 913. The van der Waals surface area contributed by atoms with E-state index in [9.17, 15) is 13.2 Å². The summed E-state index contributed by atoms with van der Waals surface area (Å²) in [6.07, 6.45) is 1.41. The van der Waals surface area contributed by atoms with Crippen molar-refractivity contribution in [3.63, 3.8) is 0 Å². The van der Waals surface area contributed by atoms with Gasteiger partial charge in [0.2, 0.25) is 10.0 Å². The number of halogens is 2. The Kier molecular flexibility index (Phi) is 6.83. The topological polar surface area (TPSA) is 75.3 Å². The summed E-state index contributed by atoms with van der Waals surface area (Å²) in [5, 5.41) is 3.45. The third-order valence-corrected chi connectivity index (χ3v) is 5.78. The summed E-state index contributed by atoms with van der Waals surface area (Å²) in [5.74, 6) is -0.413. The Morgan fingerprint density at radius 2 is 1.85 bits per heavy atom. The highest BCUT2D eigenvalue weighted by atomic mass is 35.5. The normalized spacial score (nSPS) is 12.4. The van der Waals surface area contributed by atoms with Crippen molar-refractivity contribution in [3.8, 4) is 0 Å². The zero-order valence-electron chi connectivity index (χ0n) is 14.0. The first-order chi connectivity index (χ1) is 12.2. The average molecular weight is 413 g/mol. The summed E-state index contributed by atoms with van der Waals surface area (Å²) in [5.41, 5.74) is 1.06. The molecule has 2 N–H and O–H groups in total. The van der Waals surface area contributed by atoms with E-state index >= 15 is 0 Å². The summed E-state index contributed by atoms with van der Waals surface area (Å²) in [7, 11) is -3.84. The van der Waals surface area contributed by atoms with Gasteiger partial charge in [-0.3, -0.25) is 4.79 Å². The van der Waals surface area contributed by atoms with E-state index in [1.54, 1.807) is 12.1 Å². The van der Waals surface area contributed by atoms with Crippen LogP contribution >= 0.6 is 23.2 Å². The monoisotopic (exact) mass is 412 g/mol. The number of sulfonamides is 1. The van der Waals surface area contributed by atoms with Crippen molar-refractivity contribution in [2.45, 2.75) is 17.9 Å². The van der Waals surface area contributed by atoms with Crippen molar-refractivity contribution in [1.82, 2.24) is 10.0 Å². The van der Waals surface area contributed by atoms with E-state index in [0.29, 0.717) is 5.02 Å². The molecule has 5 nitrogen and oxygen atoms in total. The van der Waals surface area contributed by atoms with Gasteiger partial charge in [-0.05, 0) is 42.8 Å². The maximum Gasteiger partial charge on any atom is 0.251 e. The van der Waals surface area contributed by atoms with E-state index in [2.05, 4.69) is 16.6 Å². The maximum atomic E-state index is 12.5. The quantitative estimate of drug-likeness (QED) is 0.675. The van der Waals surface area contributed by atoms with Gasteiger partial charge in [0.05, 0.1) is 11.1 Å². The summed E-state index contributed by atoms with van der Waals surface area (Å²) in [4.78, 5) is 12.3. The van der Waals surface area contributed by atoms with Gasteiger partial charge in [-0.1, -0.05) is 41.4 Å². The molecule has 1 atom stereocenters. The molecule has 2 rings (SSSR count). The van der Waals surface area contributed by atoms with Gasteiger partial charge < -0.3 is 5.32 Å². The van der Waals surface area contributed by atoms with Crippen LogP contribution in [0.25, 0.3) is 0 Å². The smallest absolute Gasteiger partial charge is 0.251 e. The fraction of sp³-hybridized carbons (Fsp3) is 0.167. The molecule has 0 heterocycles. The van der Waals surface area contributed by atoms with Crippen LogP contribution < -0.4 is 10.0 Å². The van der Waals surface area contributed by atoms with Crippen molar-refractivity contribution in [1.29, 1.82) is 0 Å². The first-order valence-corrected chi connectivity index (χ1v) is 9.95. The Morgan fingerprint density at radius 3 is 2.46 bits per heavy atom. The second-order valence-corrected chi connectivity index (χ2v) is 8.11. The van der Waals surface area contributed by atoms with Crippen LogP contribution in [0.5, 0.6) is 0 Å². The molecule has 0 radical (unpaired) electrons. The summed E-state index contributed by atoms with van der Waals surface area (Å²) in [6, 6.07) is 10.9. The van der Waals surface area contributed by atoms with Crippen LogP contribution in [0, 0.1) is 0 Å². The van der Waals surface area contributed by atoms with Gasteiger partial charge in [-0.15, -0.1) is 6.58 Å². The van der Waals surface area contributed by atoms with Gasteiger partial charge in [0, 0.05) is 17.1 Å². The highest BCUT2D eigenvalue weighted by Gasteiger charge is 2.20. The van der Waals surface area contributed by atoms with E-state index in [1.807, 2.05) is 19.1 Å². The van der Waals surface area contributed by atoms with Crippen LogP contribution in [0.2, 0.25) is 10.0 Å². The number of hydrogen-bond donors (Lipinski definition) is 2. The van der Waals surface area contributed by atoms with Gasteiger partial charge in [0.15, 0.2) is 0 Å². The van der Waals surface area contributed by atoms with E-state index < -0.39 is 15.9 Å². The van der Waals surface area contributed by atoms with Crippen LogP contribution in [0.15, 0.2) is 60.0 Å². The lowest BCUT2D eigenvalue weighted by molar-refractivity contribution is 0.0939. The Hall–Kier alpha value is -1.86. The van der Waals surface area contributed by atoms with Crippen LogP contribution in [0.4, 0.5) is 0 Å². The molecule has 8 heteroatoms. The van der Waals surface area contributed by atoms with Crippen LogP contribution in [-0.4, -0.2) is 20.9 Å². The van der Waals surface area contributed by atoms with Crippen molar-refractivity contribution >= 4 is 39.1 Å². The van der Waals surface area contributed by atoms with E-state index in [0.717, 1.165) is 5.56 Å². The number of rotatable bonds is 7. The molecule has 2 aromatic carbocycles. The molecule has 2 aromatic rings. The van der Waals surface area contributed by atoms with Gasteiger partial charge in [0.25, 0.3) is 5.91 Å². The second-order valence-electron chi connectivity index (χ2n) is 5.53. The molecule has 0 bridgehead atoms. The minimum absolute atomic E-state index is 0.0314. The maximum absolute atomic E-state index is 12.5. The molecule has 0 saturated heterocycles. The summed E-state index contributed by atoms with van der Waals surface area (Å²) in [6.45, 7) is 5.34. The second kappa shape index (κ2) is 8.68. The highest BCUT2D eigenvalue weighted by Crippen LogP contribution is 2.23. The molecule has 0 aliphatic carbocycles. The molecule has 0 aliphatic heterocycles. The largest absolute Gasteiger partial charge is 0.346 e. The molecule has 0 aliphatic rings. The molecule has 0 unspecified atom stereocenters. The fourth-order valence-corrected chi connectivity index (χ4v) is 3.86. The lowest BCUT2D eigenvalue weighted by atomic mass is 10.1. The fourth-order valence-electron chi connectivity index (χ4n) is 2.21. The Balaban J connectivity index is 2.23. The predicted molar refractivity (Wildman–Crippen MR) is 104 cm³/mol. The average Bonchev–Trinajstić information content (AvgIpc) is 2.60. The van der Waals surface area contributed by atoms with Crippen LogP contribution in [0.1, 0.15) is 28.9 Å². The number of nitrogens with one attached hydrogen (secondary N) is 2. The van der Waals surface area contributed by atoms with Crippen molar-refractivity contribution in [2.75, 3.05) is 6.54 Å². The van der Waals surface area contributed by atoms with Crippen LogP contribution in [0.3, 0.4) is 0 Å². The third kappa shape index (κ3) is 5.08. The number of amides is 1. The minimum atomic E-state index is -3.84. The minimum Gasteiger partial charge on any atom is -0.346 e.